The first-order valence-electron chi connectivity index (χ1n) is 5.20. The largest absolute Gasteiger partial charge is 0.467 e. The highest BCUT2D eigenvalue weighted by molar-refractivity contribution is 5.37. The zero-order valence-electron chi connectivity index (χ0n) is 8.80. The van der Waals surface area contributed by atoms with Crippen molar-refractivity contribution in [3.05, 3.63) is 48.0 Å². The SMILES string of the molecule is c1cn(Cc2ccc3c(c2)COCO3)cn1. The molecule has 0 aliphatic carbocycles. The molecule has 0 radical (unpaired) electrons. The Hall–Kier alpha value is -1.81. The first-order chi connectivity index (χ1) is 7.92. The van der Waals surface area contributed by atoms with Gasteiger partial charge in [-0.3, -0.25) is 0 Å². The maximum absolute atomic E-state index is 5.37. The van der Waals surface area contributed by atoms with E-state index in [4.69, 9.17) is 9.47 Å². The topological polar surface area (TPSA) is 36.3 Å². The fraction of sp³-hybridized carbons (Fsp3) is 0.250. The molecule has 0 bridgehead atoms. The molecule has 0 spiro atoms. The average molecular weight is 216 g/mol. The molecule has 16 heavy (non-hydrogen) atoms. The van der Waals surface area contributed by atoms with Gasteiger partial charge in [0, 0.05) is 24.5 Å². The van der Waals surface area contributed by atoms with Crippen molar-refractivity contribution in [3.63, 3.8) is 0 Å². The van der Waals surface area contributed by atoms with Crippen LogP contribution < -0.4 is 4.74 Å². The van der Waals surface area contributed by atoms with Crippen molar-refractivity contribution in [2.45, 2.75) is 13.2 Å². The van der Waals surface area contributed by atoms with Gasteiger partial charge < -0.3 is 14.0 Å². The van der Waals surface area contributed by atoms with Gasteiger partial charge in [-0.25, -0.2) is 4.98 Å². The van der Waals surface area contributed by atoms with Crippen LogP contribution in [-0.2, 0) is 17.9 Å². The van der Waals surface area contributed by atoms with Gasteiger partial charge in [-0.05, 0) is 17.7 Å². The Kier molecular flexibility index (Phi) is 2.34. The first kappa shape index (κ1) is 9.42. The zero-order valence-corrected chi connectivity index (χ0v) is 8.80. The monoisotopic (exact) mass is 216 g/mol. The molecule has 4 nitrogen and oxygen atoms in total. The normalized spacial score (nSPS) is 14.2. The molecule has 2 heterocycles. The molecule has 1 aliphatic heterocycles. The molecule has 1 aromatic carbocycles. The molecule has 0 atom stereocenters. The van der Waals surface area contributed by atoms with Crippen LogP contribution in [0.15, 0.2) is 36.9 Å². The maximum atomic E-state index is 5.37. The number of fused-ring (bicyclic) bond motifs is 1. The van der Waals surface area contributed by atoms with E-state index in [1.165, 1.54) is 5.56 Å². The van der Waals surface area contributed by atoms with Crippen LogP contribution in [0.4, 0.5) is 0 Å². The van der Waals surface area contributed by atoms with E-state index in [0.717, 1.165) is 17.9 Å². The van der Waals surface area contributed by atoms with Crippen LogP contribution in [0.1, 0.15) is 11.1 Å². The number of ether oxygens (including phenoxy) is 2. The highest BCUT2D eigenvalue weighted by Crippen LogP contribution is 2.24. The van der Waals surface area contributed by atoms with E-state index in [2.05, 4.69) is 17.1 Å². The van der Waals surface area contributed by atoms with Crippen molar-refractivity contribution in [2.24, 2.45) is 0 Å². The highest BCUT2D eigenvalue weighted by atomic mass is 16.7. The predicted molar refractivity (Wildman–Crippen MR) is 58.1 cm³/mol. The van der Waals surface area contributed by atoms with Gasteiger partial charge in [-0.15, -0.1) is 0 Å². The van der Waals surface area contributed by atoms with Gasteiger partial charge in [0.2, 0.25) is 0 Å². The van der Waals surface area contributed by atoms with E-state index in [-0.39, 0.29) is 0 Å². The summed E-state index contributed by atoms with van der Waals surface area (Å²) in [6.07, 6.45) is 5.55. The molecule has 1 aliphatic rings. The highest BCUT2D eigenvalue weighted by Gasteiger charge is 2.10. The van der Waals surface area contributed by atoms with Gasteiger partial charge in [-0.2, -0.15) is 0 Å². The summed E-state index contributed by atoms with van der Waals surface area (Å²) in [7, 11) is 0. The zero-order chi connectivity index (χ0) is 10.8. The maximum Gasteiger partial charge on any atom is 0.189 e. The van der Waals surface area contributed by atoms with E-state index < -0.39 is 0 Å². The van der Waals surface area contributed by atoms with E-state index in [1.54, 1.807) is 6.20 Å². The van der Waals surface area contributed by atoms with E-state index in [1.807, 2.05) is 23.2 Å². The quantitative estimate of drug-likeness (QED) is 0.768. The fourth-order valence-electron chi connectivity index (χ4n) is 1.83. The third kappa shape index (κ3) is 1.79. The van der Waals surface area contributed by atoms with Gasteiger partial charge in [0.25, 0.3) is 0 Å². The van der Waals surface area contributed by atoms with Crippen LogP contribution in [0, 0.1) is 0 Å². The van der Waals surface area contributed by atoms with Crippen molar-refractivity contribution < 1.29 is 9.47 Å². The van der Waals surface area contributed by atoms with Crippen LogP contribution >= 0.6 is 0 Å². The molecule has 1 aromatic heterocycles. The lowest BCUT2D eigenvalue weighted by Gasteiger charge is -2.18. The van der Waals surface area contributed by atoms with Crippen LogP contribution in [0.3, 0.4) is 0 Å². The summed E-state index contributed by atoms with van der Waals surface area (Å²) in [6, 6.07) is 6.20. The molecule has 0 unspecified atom stereocenters. The minimum atomic E-state index is 0.355. The van der Waals surface area contributed by atoms with Crippen LogP contribution in [-0.4, -0.2) is 16.3 Å². The Labute approximate surface area is 93.4 Å². The van der Waals surface area contributed by atoms with E-state index in [9.17, 15) is 0 Å². The fourth-order valence-corrected chi connectivity index (χ4v) is 1.83. The smallest absolute Gasteiger partial charge is 0.189 e. The summed E-state index contributed by atoms with van der Waals surface area (Å²) in [4.78, 5) is 4.02. The van der Waals surface area contributed by atoms with E-state index >= 15 is 0 Å². The molecule has 4 heteroatoms. The number of benzene rings is 1. The molecule has 0 N–H and O–H groups in total. The van der Waals surface area contributed by atoms with Crippen LogP contribution in [0.25, 0.3) is 0 Å². The lowest BCUT2D eigenvalue weighted by Crippen LogP contribution is -2.11. The Morgan fingerprint density at radius 3 is 3.25 bits per heavy atom. The van der Waals surface area contributed by atoms with Gasteiger partial charge >= 0.3 is 0 Å². The summed E-state index contributed by atoms with van der Waals surface area (Å²) in [5.41, 5.74) is 2.34. The molecule has 0 fully saturated rings. The van der Waals surface area contributed by atoms with Crippen molar-refractivity contribution >= 4 is 0 Å². The number of imidazole rings is 1. The number of hydrogen-bond donors (Lipinski definition) is 0. The molecule has 3 rings (SSSR count). The predicted octanol–water partition coefficient (Wildman–Crippen LogP) is 1.80. The molecule has 0 amide bonds. The third-order valence-corrected chi connectivity index (χ3v) is 2.60. The summed E-state index contributed by atoms with van der Waals surface area (Å²) in [5.74, 6) is 0.931. The Bertz CT molecular complexity index is 480. The summed E-state index contributed by atoms with van der Waals surface area (Å²) in [6.45, 7) is 1.81. The lowest BCUT2D eigenvalue weighted by molar-refractivity contribution is -0.0164. The number of aromatic nitrogens is 2. The Balaban J connectivity index is 1.86. The second-order valence-corrected chi connectivity index (χ2v) is 3.79. The molecule has 0 saturated carbocycles. The minimum Gasteiger partial charge on any atom is -0.467 e. The van der Waals surface area contributed by atoms with Gasteiger partial charge in [-0.1, -0.05) is 6.07 Å². The average Bonchev–Trinajstić information content (AvgIpc) is 2.82. The minimum absolute atomic E-state index is 0.355. The van der Waals surface area contributed by atoms with Gasteiger partial charge in [0.15, 0.2) is 6.79 Å². The second-order valence-electron chi connectivity index (χ2n) is 3.79. The Morgan fingerprint density at radius 2 is 2.38 bits per heavy atom. The third-order valence-electron chi connectivity index (χ3n) is 2.60. The summed E-state index contributed by atoms with van der Waals surface area (Å²) in [5, 5.41) is 0. The van der Waals surface area contributed by atoms with Gasteiger partial charge in [0.05, 0.1) is 12.9 Å². The number of nitrogens with zero attached hydrogens (tertiary/aromatic N) is 2. The van der Waals surface area contributed by atoms with Gasteiger partial charge in [0.1, 0.15) is 5.75 Å². The molecule has 2 aromatic rings. The number of rotatable bonds is 2. The van der Waals surface area contributed by atoms with E-state index in [0.29, 0.717) is 13.4 Å². The first-order valence-corrected chi connectivity index (χ1v) is 5.20. The lowest BCUT2D eigenvalue weighted by atomic mass is 10.1. The molecule has 82 valence electrons. The molecular formula is C12H12N2O2. The number of hydrogen-bond acceptors (Lipinski definition) is 3. The molecular weight excluding hydrogens is 204 g/mol. The van der Waals surface area contributed by atoms with Crippen molar-refractivity contribution in [2.75, 3.05) is 6.79 Å². The summed E-state index contributed by atoms with van der Waals surface area (Å²) < 4.78 is 12.7. The molecule has 0 saturated heterocycles. The standard InChI is InChI=1S/C12H12N2O2/c1-2-12-11(7-15-9-16-12)5-10(1)6-14-4-3-13-8-14/h1-5,8H,6-7,9H2. The second kappa shape index (κ2) is 3.98. The van der Waals surface area contributed by atoms with Crippen LogP contribution in [0.2, 0.25) is 0 Å². The van der Waals surface area contributed by atoms with Crippen LogP contribution in [0.5, 0.6) is 5.75 Å². The van der Waals surface area contributed by atoms with Crippen molar-refractivity contribution in [1.29, 1.82) is 0 Å². The van der Waals surface area contributed by atoms with Crippen molar-refractivity contribution in [3.8, 4) is 5.75 Å². The summed E-state index contributed by atoms with van der Waals surface area (Å²) >= 11 is 0. The van der Waals surface area contributed by atoms with Crippen molar-refractivity contribution in [1.82, 2.24) is 9.55 Å². The Morgan fingerprint density at radius 1 is 1.38 bits per heavy atom.